The quantitative estimate of drug-likeness (QED) is 0.155. The zero-order valence-electron chi connectivity index (χ0n) is 24.8. The fraction of sp³-hybridized carbons (Fsp3) is 0.606. The molecule has 3 aliphatic rings. The number of carbonyl (C=O) groups excluding carboxylic acids is 3. The monoisotopic (exact) mass is 643 g/mol. The fourth-order valence-electron chi connectivity index (χ4n) is 7.05. The number of likely N-dealkylation sites (tertiary alicyclic amines) is 1. The summed E-state index contributed by atoms with van der Waals surface area (Å²) >= 11 is 3.79. The highest BCUT2D eigenvalue weighted by Gasteiger charge is 2.76. The van der Waals surface area contributed by atoms with E-state index in [0.717, 1.165) is 31.2 Å². The number of unbranched alkanes of at least 4 members (excludes halogenated alkanes) is 4. The number of halogens is 1. The van der Waals surface area contributed by atoms with E-state index in [4.69, 9.17) is 4.74 Å². The first-order valence-corrected chi connectivity index (χ1v) is 16.3. The minimum absolute atomic E-state index is 0.129. The predicted molar refractivity (Wildman–Crippen MR) is 167 cm³/mol. The molecule has 9 heteroatoms. The molecule has 230 valence electrons. The Morgan fingerprint density at radius 3 is 2.43 bits per heavy atom. The van der Waals surface area contributed by atoms with Gasteiger partial charge in [0.2, 0.25) is 17.7 Å². The molecule has 3 heterocycles. The first kappa shape index (κ1) is 32.4. The van der Waals surface area contributed by atoms with Crippen LogP contribution < -0.4 is 0 Å². The van der Waals surface area contributed by atoms with Gasteiger partial charge in [-0.25, -0.2) is 0 Å². The number of hydrogen-bond acceptors (Lipinski definition) is 5. The molecule has 3 aliphatic heterocycles. The minimum Gasteiger partial charge on any atom is -0.396 e. The maximum Gasteiger partial charge on any atom is 0.248 e. The number of nitrogens with zero attached hydrogens (tertiary/aromatic N) is 3. The summed E-state index contributed by atoms with van der Waals surface area (Å²) in [6, 6.07) is 8.99. The van der Waals surface area contributed by atoms with Crippen molar-refractivity contribution in [3.63, 3.8) is 0 Å². The van der Waals surface area contributed by atoms with Crippen LogP contribution in [-0.2, 0) is 25.7 Å². The number of rotatable bonds is 17. The highest BCUT2D eigenvalue weighted by atomic mass is 79.9. The summed E-state index contributed by atoms with van der Waals surface area (Å²) in [5.41, 5.74) is -0.0791. The minimum atomic E-state index is -1.07. The fourth-order valence-corrected chi connectivity index (χ4v) is 7.99. The van der Waals surface area contributed by atoms with Gasteiger partial charge >= 0.3 is 0 Å². The van der Waals surface area contributed by atoms with Crippen molar-refractivity contribution >= 4 is 33.7 Å². The lowest BCUT2D eigenvalue weighted by Crippen LogP contribution is -2.57. The third kappa shape index (κ3) is 6.38. The lowest BCUT2D eigenvalue weighted by Gasteiger charge is -2.37. The SMILES string of the molecule is C=CCN(CCCC)C(=O)C1N(CCCCCCO)C(=O)[C@@H]2[C@H](C(=O)N(CC=C)Cc3ccccc3)[C@H]3OC12CC3Br. The number of aliphatic hydroxyl groups excluding tert-OH is 1. The van der Waals surface area contributed by atoms with Crippen LogP contribution in [0.1, 0.15) is 57.4 Å². The van der Waals surface area contributed by atoms with Gasteiger partial charge in [-0.05, 0) is 31.2 Å². The highest BCUT2D eigenvalue weighted by Crippen LogP contribution is 2.60. The van der Waals surface area contributed by atoms with Gasteiger partial charge in [-0.2, -0.15) is 0 Å². The molecular weight excluding hydrogens is 598 g/mol. The molecule has 2 bridgehead atoms. The van der Waals surface area contributed by atoms with Crippen LogP contribution in [0.4, 0.5) is 0 Å². The Balaban J connectivity index is 1.68. The number of ether oxygens (including phenoxy) is 1. The van der Waals surface area contributed by atoms with Crippen LogP contribution in [0.3, 0.4) is 0 Å². The number of benzene rings is 1. The van der Waals surface area contributed by atoms with E-state index < -0.39 is 29.6 Å². The molecule has 1 aromatic rings. The van der Waals surface area contributed by atoms with Gasteiger partial charge in [0.25, 0.3) is 0 Å². The van der Waals surface area contributed by atoms with E-state index >= 15 is 0 Å². The molecule has 0 aliphatic carbocycles. The van der Waals surface area contributed by atoms with E-state index in [0.29, 0.717) is 52.0 Å². The van der Waals surface area contributed by atoms with E-state index in [-0.39, 0.29) is 29.2 Å². The molecule has 3 unspecified atom stereocenters. The first-order chi connectivity index (χ1) is 20.3. The molecule has 42 heavy (non-hydrogen) atoms. The molecule has 0 aromatic heterocycles. The second-order valence-corrected chi connectivity index (χ2v) is 12.9. The average Bonchev–Trinajstić information content (AvgIpc) is 3.58. The van der Waals surface area contributed by atoms with Gasteiger partial charge < -0.3 is 24.5 Å². The maximum atomic E-state index is 14.4. The van der Waals surface area contributed by atoms with E-state index in [9.17, 15) is 19.5 Å². The molecule has 3 amide bonds. The molecule has 1 spiro atoms. The van der Waals surface area contributed by atoms with Gasteiger partial charge in [0.15, 0.2) is 0 Å². The van der Waals surface area contributed by atoms with Gasteiger partial charge in [0.1, 0.15) is 11.6 Å². The number of amides is 3. The van der Waals surface area contributed by atoms with Gasteiger partial charge in [-0.3, -0.25) is 14.4 Å². The molecule has 3 fully saturated rings. The highest BCUT2D eigenvalue weighted by molar-refractivity contribution is 9.09. The smallest absolute Gasteiger partial charge is 0.248 e. The molecule has 6 atom stereocenters. The number of carbonyl (C=O) groups is 3. The van der Waals surface area contributed by atoms with E-state index in [1.165, 1.54) is 0 Å². The Hall–Kier alpha value is -2.49. The Labute approximate surface area is 258 Å². The second-order valence-electron chi connectivity index (χ2n) is 11.8. The van der Waals surface area contributed by atoms with Crippen molar-refractivity contribution in [3.05, 3.63) is 61.2 Å². The number of aliphatic hydroxyl groups is 1. The van der Waals surface area contributed by atoms with Crippen molar-refractivity contribution in [2.24, 2.45) is 11.8 Å². The van der Waals surface area contributed by atoms with Crippen molar-refractivity contribution in [1.82, 2.24) is 14.7 Å². The standard InChI is InChI=1S/C33H46BrN3O5/c1-4-7-19-35(17-5-2)32(41)29-33-22-25(34)28(42-33)26(27(33)31(40)37(29)20-13-8-9-14-21-38)30(39)36(18-6-3)23-24-15-11-10-12-16-24/h5-6,10-12,15-16,25-29,38H,2-4,7-9,13-14,17-23H2,1H3/t25?,26-,27-,28-,29?,33?/m0/s1. The van der Waals surface area contributed by atoms with E-state index in [2.05, 4.69) is 36.0 Å². The molecule has 1 aromatic carbocycles. The summed E-state index contributed by atoms with van der Waals surface area (Å²) in [6.45, 7) is 12.1. The summed E-state index contributed by atoms with van der Waals surface area (Å²) in [7, 11) is 0. The van der Waals surface area contributed by atoms with Crippen LogP contribution in [0, 0.1) is 11.8 Å². The Kier molecular flexibility index (Phi) is 11.4. The summed E-state index contributed by atoms with van der Waals surface area (Å²) < 4.78 is 6.73. The van der Waals surface area contributed by atoms with Crippen molar-refractivity contribution in [2.75, 3.05) is 32.8 Å². The normalized spacial score (nSPS) is 27.6. The van der Waals surface area contributed by atoms with Crippen LogP contribution in [0.2, 0.25) is 0 Å². The third-order valence-electron chi connectivity index (χ3n) is 8.94. The van der Waals surface area contributed by atoms with Crippen molar-refractivity contribution in [2.45, 2.75) is 81.0 Å². The maximum absolute atomic E-state index is 14.4. The molecule has 0 saturated carbocycles. The van der Waals surface area contributed by atoms with Crippen molar-refractivity contribution in [1.29, 1.82) is 0 Å². The summed E-state index contributed by atoms with van der Waals surface area (Å²) in [5.74, 6) is -1.86. The lowest BCUT2D eigenvalue weighted by molar-refractivity contribution is -0.148. The van der Waals surface area contributed by atoms with Gasteiger partial charge in [0.05, 0.1) is 17.9 Å². The van der Waals surface area contributed by atoms with Crippen LogP contribution in [0.5, 0.6) is 0 Å². The topological polar surface area (TPSA) is 90.4 Å². The first-order valence-electron chi connectivity index (χ1n) is 15.4. The number of hydrogen-bond donors (Lipinski definition) is 1. The van der Waals surface area contributed by atoms with Gasteiger partial charge in [-0.15, -0.1) is 13.2 Å². The Bertz CT molecular complexity index is 1120. The molecule has 8 nitrogen and oxygen atoms in total. The summed E-state index contributed by atoms with van der Waals surface area (Å²) in [4.78, 5) is 48.2. The van der Waals surface area contributed by atoms with Crippen LogP contribution in [0.15, 0.2) is 55.6 Å². The van der Waals surface area contributed by atoms with Crippen LogP contribution in [-0.4, -0.2) is 92.9 Å². The molecule has 1 N–H and O–H groups in total. The van der Waals surface area contributed by atoms with E-state index in [1.807, 2.05) is 30.3 Å². The molecular formula is C33H46BrN3O5. The molecule has 4 rings (SSSR count). The van der Waals surface area contributed by atoms with Crippen LogP contribution >= 0.6 is 15.9 Å². The van der Waals surface area contributed by atoms with Gasteiger partial charge in [0, 0.05) is 44.2 Å². The van der Waals surface area contributed by atoms with Crippen molar-refractivity contribution < 1.29 is 24.2 Å². The number of fused-ring (bicyclic) bond motifs is 1. The predicted octanol–water partition coefficient (Wildman–Crippen LogP) is 4.32. The number of alkyl halides is 1. The zero-order valence-corrected chi connectivity index (χ0v) is 26.4. The Morgan fingerprint density at radius 1 is 1.07 bits per heavy atom. The van der Waals surface area contributed by atoms with E-state index in [1.54, 1.807) is 26.9 Å². The summed E-state index contributed by atoms with van der Waals surface area (Å²) in [6.07, 6.45) is 8.32. The largest absolute Gasteiger partial charge is 0.396 e. The summed E-state index contributed by atoms with van der Waals surface area (Å²) in [5, 5.41) is 9.19. The molecule has 3 saturated heterocycles. The van der Waals surface area contributed by atoms with Crippen LogP contribution in [0.25, 0.3) is 0 Å². The third-order valence-corrected chi connectivity index (χ3v) is 9.78. The average molecular weight is 645 g/mol. The Morgan fingerprint density at radius 2 is 1.76 bits per heavy atom. The zero-order chi connectivity index (χ0) is 30.3. The lowest BCUT2D eigenvalue weighted by atomic mass is 9.70. The molecule has 0 radical (unpaired) electrons. The van der Waals surface area contributed by atoms with Crippen molar-refractivity contribution in [3.8, 4) is 0 Å². The second kappa shape index (κ2) is 14.8. The van der Waals surface area contributed by atoms with Gasteiger partial charge in [-0.1, -0.05) is 84.6 Å².